The van der Waals surface area contributed by atoms with E-state index < -0.39 is 10.0 Å². The van der Waals surface area contributed by atoms with Crippen molar-refractivity contribution in [1.82, 2.24) is 19.0 Å². The molecule has 1 aromatic carbocycles. The van der Waals surface area contributed by atoms with Gasteiger partial charge in [-0.2, -0.15) is 4.31 Å². The lowest BCUT2D eigenvalue weighted by Gasteiger charge is -2.39. The minimum Gasteiger partial charge on any atom is -0.379 e. The number of piperidine rings is 1. The Labute approximate surface area is 200 Å². The fraction of sp³-hybridized carbons (Fsp3) is 0.636. The van der Waals surface area contributed by atoms with Crippen LogP contribution in [0.25, 0.3) is 0 Å². The first kappa shape index (κ1) is 24.4. The highest BCUT2D eigenvalue weighted by Crippen LogP contribution is 2.26. The number of halogens is 1. The number of nitrogens with zero attached hydrogens (tertiary/aromatic N) is 4. The quantitative estimate of drug-likeness (QED) is 0.595. The molecule has 3 heterocycles. The summed E-state index contributed by atoms with van der Waals surface area (Å²) in [5, 5.41) is 0.487. The molecule has 4 rings (SSSR count). The first-order valence-corrected chi connectivity index (χ1v) is 13.3. The number of ether oxygens (including phenoxy) is 1. The molecule has 2 amide bonds. The number of hydrogen-bond donors (Lipinski definition) is 0. The summed E-state index contributed by atoms with van der Waals surface area (Å²) in [5.41, 5.74) is 0. The number of rotatable bonds is 5. The molecule has 3 aliphatic rings. The molecule has 182 valence electrons. The number of carbonyl (C=O) groups is 2. The maximum Gasteiger partial charge on any atom is 0.243 e. The summed E-state index contributed by atoms with van der Waals surface area (Å²) in [4.78, 5) is 31.6. The third-order valence-electron chi connectivity index (χ3n) is 6.66. The highest BCUT2D eigenvalue weighted by molar-refractivity contribution is 7.89. The van der Waals surface area contributed by atoms with Crippen molar-refractivity contribution in [2.24, 2.45) is 5.92 Å². The molecular weight excluding hydrogens is 468 g/mol. The van der Waals surface area contributed by atoms with E-state index in [1.807, 2.05) is 9.80 Å². The fourth-order valence-corrected chi connectivity index (χ4v) is 6.18. The van der Waals surface area contributed by atoms with Gasteiger partial charge in [0.2, 0.25) is 21.8 Å². The number of benzene rings is 1. The van der Waals surface area contributed by atoms with Crippen LogP contribution in [-0.4, -0.2) is 111 Å². The number of hydrogen-bond acceptors (Lipinski definition) is 6. The Bertz CT molecular complexity index is 936. The molecule has 1 aromatic rings. The summed E-state index contributed by atoms with van der Waals surface area (Å²) in [6, 6.07) is 6.15. The highest BCUT2D eigenvalue weighted by atomic mass is 35.5. The zero-order valence-electron chi connectivity index (χ0n) is 18.7. The van der Waals surface area contributed by atoms with Gasteiger partial charge in [-0.15, -0.1) is 0 Å². The molecule has 0 bridgehead atoms. The van der Waals surface area contributed by atoms with Crippen molar-refractivity contribution in [2.75, 3.05) is 72.1 Å². The van der Waals surface area contributed by atoms with E-state index in [0.29, 0.717) is 76.9 Å². The van der Waals surface area contributed by atoms with Crippen LogP contribution in [0.5, 0.6) is 0 Å². The van der Waals surface area contributed by atoms with Crippen molar-refractivity contribution in [1.29, 1.82) is 0 Å². The van der Waals surface area contributed by atoms with Crippen LogP contribution < -0.4 is 0 Å². The fourth-order valence-electron chi connectivity index (χ4n) is 4.58. The number of morpholine rings is 1. The molecule has 9 nitrogen and oxygen atoms in total. The van der Waals surface area contributed by atoms with Crippen LogP contribution in [0.4, 0.5) is 0 Å². The van der Waals surface area contributed by atoms with Crippen molar-refractivity contribution >= 4 is 33.4 Å². The van der Waals surface area contributed by atoms with Crippen LogP contribution in [0.15, 0.2) is 29.2 Å². The van der Waals surface area contributed by atoms with Gasteiger partial charge < -0.3 is 14.5 Å². The molecule has 0 N–H and O–H groups in total. The molecular formula is C22H31ClN4O5S. The van der Waals surface area contributed by atoms with Gasteiger partial charge in [0.25, 0.3) is 0 Å². The van der Waals surface area contributed by atoms with Gasteiger partial charge in [-0.05, 0) is 37.1 Å². The molecule has 0 radical (unpaired) electrons. The topological polar surface area (TPSA) is 90.5 Å². The zero-order valence-corrected chi connectivity index (χ0v) is 20.3. The van der Waals surface area contributed by atoms with Gasteiger partial charge in [0.15, 0.2) is 0 Å². The Balaban J connectivity index is 1.24. The predicted octanol–water partition coefficient (Wildman–Crippen LogP) is 0.744. The number of piperazine rings is 1. The summed E-state index contributed by atoms with van der Waals surface area (Å²) in [6.07, 6.45) is 1.00. The van der Waals surface area contributed by atoms with E-state index in [4.69, 9.17) is 16.3 Å². The Morgan fingerprint density at radius 3 is 2.06 bits per heavy atom. The SMILES string of the molecule is O=C(CN1CCOCC1)N1CCN(C(=O)C2CCN(S(=O)(=O)c3ccc(Cl)cc3)CC2)CC1. The normalized spacial score (nSPS) is 21.8. The summed E-state index contributed by atoms with van der Waals surface area (Å²) < 4.78 is 32.5. The minimum atomic E-state index is -3.59. The first-order valence-electron chi connectivity index (χ1n) is 11.5. The van der Waals surface area contributed by atoms with Crippen molar-refractivity contribution in [2.45, 2.75) is 17.7 Å². The van der Waals surface area contributed by atoms with Crippen molar-refractivity contribution in [3.05, 3.63) is 29.3 Å². The third kappa shape index (κ3) is 5.86. The van der Waals surface area contributed by atoms with Gasteiger partial charge in [0, 0.05) is 63.3 Å². The Kier molecular flexibility index (Phi) is 7.91. The summed E-state index contributed by atoms with van der Waals surface area (Å²) in [5.74, 6) is -0.0131. The van der Waals surface area contributed by atoms with E-state index in [2.05, 4.69) is 4.90 Å². The van der Waals surface area contributed by atoms with Gasteiger partial charge in [0.1, 0.15) is 0 Å². The molecule has 3 aliphatic heterocycles. The van der Waals surface area contributed by atoms with Gasteiger partial charge in [0.05, 0.1) is 24.7 Å². The predicted molar refractivity (Wildman–Crippen MR) is 123 cm³/mol. The molecule has 0 saturated carbocycles. The lowest BCUT2D eigenvalue weighted by atomic mass is 9.96. The second-order valence-electron chi connectivity index (χ2n) is 8.73. The van der Waals surface area contributed by atoms with E-state index in [1.165, 1.54) is 16.4 Å². The standard InChI is InChI=1S/C22H31ClN4O5S/c23-19-1-3-20(4-2-19)33(30,31)27-7-5-18(6-8-27)22(29)26-11-9-25(10-12-26)21(28)17-24-13-15-32-16-14-24/h1-4,18H,5-17H2. The third-order valence-corrected chi connectivity index (χ3v) is 8.83. The van der Waals surface area contributed by atoms with E-state index in [1.54, 1.807) is 12.1 Å². The lowest BCUT2D eigenvalue weighted by molar-refractivity contribution is -0.143. The summed E-state index contributed by atoms with van der Waals surface area (Å²) in [7, 11) is -3.59. The van der Waals surface area contributed by atoms with Crippen LogP contribution in [0, 0.1) is 5.92 Å². The Morgan fingerprint density at radius 2 is 1.45 bits per heavy atom. The molecule has 0 spiro atoms. The molecule has 33 heavy (non-hydrogen) atoms. The minimum absolute atomic E-state index is 0.0684. The highest BCUT2D eigenvalue weighted by Gasteiger charge is 2.35. The van der Waals surface area contributed by atoms with Crippen molar-refractivity contribution in [3.8, 4) is 0 Å². The second kappa shape index (κ2) is 10.7. The average molecular weight is 499 g/mol. The van der Waals surface area contributed by atoms with Crippen molar-refractivity contribution in [3.63, 3.8) is 0 Å². The smallest absolute Gasteiger partial charge is 0.243 e. The van der Waals surface area contributed by atoms with Crippen LogP contribution in [0.3, 0.4) is 0 Å². The van der Waals surface area contributed by atoms with E-state index in [9.17, 15) is 18.0 Å². The number of amides is 2. The van der Waals surface area contributed by atoms with Crippen LogP contribution in [0.1, 0.15) is 12.8 Å². The second-order valence-corrected chi connectivity index (χ2v) is 11.1. The molecule has 0 aromatic heterocycles. The maximum atomic E-state index is 13.0. The van der Waals surface area contributed by atoms with Crippen molar-refractivity contribution < 1.29 is 22.7 Å². The van der Waals surface area contributed by atoms with Crippen LogP contribution in [-0.2, 0) is 24.3 Å². The monoisotopic (exact) mass is 498 g/mol. The first-order chi connectivity index (χ1) is 15.8. The molecule has 3 saturated heterocycles. The van der Waals surface area contributed by atoms with E-state index in [0.717, 1.165) is 13.1 Å². The average Bonchev–Trinajstić information content (AvgIpc) is 2.84. The number of sulfonamides is 1. The summed E-state index contributed by atoms with van der Waals surface area (Å²) in [6.45, 7) is 6.04. The molecule has 0 atom stereocenters. The lowest BCUT2D eigenvalue weighted by Crippen LogP contribution is -2.55. The number of carbonyl (C=O) groups excluding carboxylic acids is 2. The molecule has 0 aliphatic carbocycles. The Hall–Kier alpha value is -1.72. The van der Waals surface area contributed by atoms with Gasteiger partial charge >= 0.3 is 0 Å². The maximum absolute atomic E-state index is 13.0. The molecule has 11 heteroatoms. The summed E-state index contributed by atoms with van der Waals surface area (Å²) >= 11 is 5.87. The molecule has 3 fully saturated rings. The van der Waals surface area contributed by atoms with E-state index in [-0.39, 0.29) is 22.6 Å². The van der Waals surface area contributed by atoms with Crippen LogP contribution >= 0.6 is 11.6 Å². The van der Waals surface area contributed by atoms with Crippen LogP contribution in [0.2, 0.25) is 5.02 Å². The zero-order chi connectivity index (χ0) is 23.4. The van der Waals surface area contributed by atoms with Gasteiger partial charge in [-0.3, -0.25) is 14.5 Å². The largest absolute Gasteiger partial charge is 0.379 e. The van der Waals surface area contributed by atoms with E-state index >= 15 is 0 Å². The van der Waals surface area contributed by atoms with Gasteiger partial charge in [-0.1, -0.05) is 11.6 Å². The molecule has 0 unspecified atom stereocenters. The Morgan fingerprint density at radius 1 is 0.879 bits per heavy atom. The van der Waals surface area contributed by atoms with Gasteiger partial charge in [-0.25, -0.2) is 8.42 Å².